The summed E-state index contributed by atoms with van der Waals surface area (Å²) in [6.45, 7) is 3.43. The summed E-state index contributed by atoms with van der Waals surface area (Å²) in [7, 11) is 0. The van der Waals surface area contributed by atoms with Crippen LogP contribution in [0, 0.1) is 0 Å². The average Bonchev–Trinajstić information content (AvgIpc) is 3.40. The lowest BCUT2D eigenvalue weighted by molar-refractivity contribution is -0.150. The number of nitrogen functional groups attached to an aromatic ring is 1. The van der Waals surface area contributed by atoms with Crippen molar-refractivity contribution in [3.8, 4) is 0 Å². The largest absolute Gasteiger partial charge is 0.383 e. The minimum Gasteiger partial charge on any atom is -0.383 e. The van der Waals surface area contributed by atoms with Crippen LogP contribution in [0.2, 0.25) is 0 Å². The SMILES string of the molecule is CC1(C)OC2C(COC(c3ccccc3)(c3ccccc3)c3ccccc3)=C(F)[C@@H](n3ccc(N)nc3=O)[C@@H]2O1. The number of halogens is 1. The summed E-state index contributed by atoms with van der Waals surface area (Å²) in [5, 5.41) is 0. The lowest BCUT2D eigenvalue weighted by Crippen LogP contribution is -2.36. The maximum absolute atomic E-state index is 16.4. The monoisotopic (exact) mass is 539 g/mol. The standard InChI is InChI=1S/C32H30FN3O4/c1-31(2)39-28-24(26(33)27(29(28)40-31)36-19-18-25(34)35-30(36)37)20-38-32(21-12-6-3-7-13-21,22-14-8-4-9-15-22)23-16-10-5-11-17-23/h3-19,27-29H,20H2,1-2H3,(H2,34,35,37)/t27-,28?,29+/m1/s1. The Hall–Kier alpha value is -4.11. The van der Waals surface area contributed by atoms with Crippen LogP contribution in [0.1, 0.15) is 36.6 Å². The summed E-state index contributed by atoms with van der Waals surface area (Å²) >= 11 is 0. The molecule has 4 aromatic rings. The van der Waals surface area contributed by atoms with Gasteiger partial charge in [-0.3, -0.25) is 4.57 Å². The van der Waals surface area contributed by atoms with Gasteiger partial charge in [0, 0.05) is 11.8 Å². The number of benzene rings is 3. The summed E-state index contributed by atoms with van der Waals surface area (Å²) < 4.78 is 36.8. The van der Waals surface area contributed by atoms with Gasteiger partial charge in [0.15, 0.2) is 5.79 Å². The number of hydrogen-bond donors (Lipinski definition) is 1. The molecule has 2 N–H and O–H groups in total. The van der Waals surface area contributed by atoms with Gasteiger partial charge in [0.1, 0.15) is 35.5 Å². The van der Waals surface area contributed by atoms with E-state index in [9.17, 15) is 4.79 Å². The summed E-state index contributed by atoms with van der Waals surface area (Å²) in [5.74, 6) is -1.46. The maximum atomic E-state index is 16.4. The highest BCUT2D eigenvalue weighted by Gasteiger charge is 2.55. The predicted molar refractivity (Wildman–Crippen MR) is 149 cm³/mol. The highest BCUT2D eigenvalue weighted by molar-refractivity contribution is 5.48. The number of rotatable bonds is 7. The van der Waals surface area contributed by atoms with Crippen LogP contribution in [-0.4, -0.2) is 34.2 Å². The van der Waals surface area contributed by atoms with Crippen LogP contribution in [0.25, 0.3) is 0 Å². The molecule has 0 bridgehead atoms. The molecule has 1 unspecified atom stereocenters. The normalized spacial score (nSPS) is 21.9. The molecule has 1 saturated heterocycles. The van der Waals surface area contributed by atoms with Crippen molar-refractivity contribution in [2.75, 3.05) is 12.3 Å². The number of ether oxygens (including phenoxy) is 3. The predicted octanol–water partition coefficient (Wildman–Crippen LogP) is 5.13. The van der Waals surface area contributed by atoms with E-state index in [-0.39, 0.29) is 18.0 Å². The van der Waals surface area contributed by atoms with Gasteiger partial charge in [0.25, 0.3) is 0 Å². The zero-order chi connectivity index (χ0) is 27.9. The Morgan fingerprint density at radius 3 is 1.93 bits per heavy atom. The molecule has 2 aliphatic rings. The molecule has 2 heterocycles. The van der Waals surface area contributed by atoms with Gasteiger partial charge in [0.05, 0.1) is 6.61 Å². The molecule has 0 spiro atoms. The van der Waals surface area contributed by atoms with Gasteiger partial charge < -0.3 is 19.9 Å². The molecule has 0 radical (unpaired) electrons. The van der Waals surface area contributed by atoms with Crippen molar-refractivity contribution in [1.29, 1.82) is 0 Å². The smallest absolute Gasteiger partial charge is 0.350 e. The van der Waals surface area contributed by atoms with Crippen LogP contribution in [-0.2, 0) is 19.8 Å². The van der Waals surface area contributed by atoms with E-state index in [4.69, 9.17) is 19.9 Å². The van der Waals surface area contributed by atoms with E-state index in [0.717, 1.165) is 16.7 Å². The van der Waals surface area contributed by atoms with E-state index in [1.54, 1.807) is 13.8 Å². The lowest BCUT2D eigenvalue weighted by atomic mass is 9.80. The van der Waals surface area contributed by atoms with Crippen LogP contribution < -0.4 is 11.4 Å². The van der Waals surface area contributed by atoms with Gasteiger partial charge in [-0.1, -0.05) is 91.0 Å². The second-order valence-electron chi connectivity index (χ2n) is 10.4. The average molecular weight is 540 g/mol. The molecule has 1 aromatic heterocycles. The van der Waals surface area contributed by atoms with Crippen molar-refractivity contribution in [3.05, 3.63) is 142 Å². The van der Waals surface area contributed by atoms with Crippen molar-refractivity contribution in [3.63, 3.8) is 0 Å². The van der Waals surface area contributed by atoms with Crippen molar-refractivity contribution in [2.24, 2.45) is 0 Å². The van der Waals surface area contributed by atoms with Crippen molar-refractivity contribution in [2.45, 2.75) is 43.5 Å². The third-order valence-electron chi connectivity index (χ3n) is 7.49. The fraction of sp³-hybridized carbons (Fsp3) is 0.250. The zero-order valence-corrected chi connectivity index (χ0v) is 22.2. The highest BCUT2D eigenvalue weighted by atomic mass is 19.1. The zero-order valence-electron chi connectivity index (χ0n) is 22.2. The number of fused-ring (bicyclic) bond motifs is 1. The van der Waals surface area contributed by atoms with E-state index in [0.29, 0.717) is 0 Å². The molecule has 0 saturated carbocycles. The second-order valence-corrected chi connectivity index (χ2v) is 10.4. The first-order valence-corrected chi connectivity index (χ1v) is 13.2. The third kappa shape index (κ3) is 4.44. The Labute approximate surface area is 231 Å². The number of hydrogen-bond acceptors (Lipinski definition) is 6. The van der Waals surface area contributed by atoms with E-state index < -0.39 is 41.2 Å². The van der Waals surface area contributed by atoms with E-state index in [1.807, 2.05) is 91.0 Å². The number of anilines is 1. The Morgan fingerprint density at radius 1 is 0.900 bits per heavy atom. The summed E-state index contributed by atoms with van der Waals surface area (Å²) in [5.41, 5.74) is 6.93. The minimum absolute atomic E-state index is 0.0611. The third-order valence-corrected chi connectivity index (χ3v) is 7.49. The molecular weight excluding hydrogens is 509 g/mol. The molecule has 3 atom stereocenters. The number of nitrogens with two attached hydrogens (primary N) is 1. The molecule has 1 aliphatic carbocycles. The molecule has 6 rings (SSSR count). The van der Waals surface area contributed by atoms with Gasteiger partial charge >= 0.3 is 5.69 Å². The quantitative estimate of drug-likeness (QED) is 0.328. The van der Waals surface area contributed by atoms with Gasteiger partial charge in [-0.15, -0.1) is 0 Å². The fourth-order valence-electron chi connectivity index (χ4n) is 5.78. The Bertz CT molecular complexity index is 1490. The molecular formula is C32H30FN3O4. The first-order chi connectivity index (χ1) is 19.3. The topological polar surface area (TPSA) is 88.6 Å². The number of nitrogens with zero attached hydrogens (tertiary/aromatic N) is 2. The Morgan fingerprint density at radius 2 is 1.43 bits per heavy atom. The van der Waals surface area contributed by atoms with Crippen molar-refractivity contribution >= 4 is 5.82 Å². The molecule has 1 fully saturated rings. The van der Waals surface area contributed by atoms with Crippen LogP contribution in [0.3, 0.4) is 0 Å². The molecule has 204 valence electrons. The highest BCUT2D eigenvalue weighted by Crippen LogP contribution is 2.49. The fourth-order valence-corrected chi connectivity index (χ4v) is 5.78. The summed E-state index contributed by atoms with van der Waals surface area (Å²) in [4.78, 5) is 16.6. The molecule has 3 aromatic carbocycles. The lowest BCUT2D eigenvalue weighted by Gasteiger charge is -2.36. The minimum atomic E-state index is -1.06. The van der Waals surface area contributed by atoms with Crippen LogP contribution in [0.15, 0.2) is 119 Å². The first-order valence-electron chi connectivity index (χ1n) is 13.2. The summed E-state index contributed by atoms with van der Waals surface area (Å²) in [6, 6.07) is 30.0. The second kappa shape index (κ2) is 10.1. The van der Waals surface area contributed by atoms with E-state index >= 15 is 4.39 Å². The van der Waals surface area contributed by atoms with E-state index in [2.05, 4.69) is 4.98 Å². The van der Waals surface area contributed by atoms with E-state index in [1.165, 1.54) is 16.8 Å². The van der Waals surface area contributed by atoms with Gasteiger partial charge in [-0.05, 0) is 36.6 Å². The molecule has 1 aliphatic heterocycles. The summed E-state index contributed by atoms with van der Waals surface area (Å²) in [6.07, 6.45) is -0.104. The van der Waals surface area contributed by atoms with Crippen LogP contribution in [0.4, 0.5) is 10.2 Å². The van der Waals surface area contributed by atoms with Crippen molar-refractivity contribution in [1.82, 2.24) is 9.55 Å². The van der Waals surface area contributed by atoms with Crippen molar-refractivity contribution < 1.29 is 18.6 Å². The molecule has 7 nitrogen and oxygen atoms in total. The first kappa shape index (κ1) is 26.1. The van der Waals surface area contributed by atoms with Crippen LogP contribution in [0.5, 0.6) is 0 Å². The molecule has 40 heavy (non-hydrogen) atoms. The van der Waals surface area contributed by atoms with Gasteiger partial charge in [-0.2, -0.15) is 4.98 Å². The number of aromatic nitrogens is 2. The molecule has 8 heteroatoms. The molecule has 0 amide bonds. The van der Waals surface area contributed by atoms with Gasteiger partial charge in [-0.25, -0.2) is 9.18 Å². The maximum Gasteiger partial charge on any atom is 0.350 e. The van der Waals surface area contributed by atoms with Gasteiger partial charge in [0.2, 0.25) is 0 Å². The van der Waals surface area contributed by atoms with Crippen LogP contribution >= 0.6 is 0 Å². The Kier molecular flexibility index (Phi) is 6.62. The Balaban J connectivity index is 1.48.